The maximum atomic E-state index is 13.2. The third kappa shape index (κ3) is 3.84. The van der Waals surface area contributed by atoms with Crippen molar-refractivity contribution in [1.82, 2.24) is 14.3 Å². The highest BCUT2D eigenvalue weighted by molar-refractivity contribution is 7.89. The van der Waals surface area contributed by atoms with Gasteiger partial charge in [-0.15, -0.1) is 22.7 Å². The summed E-state index contributed by atoms with van der Waals surface area (Å²) in [4.78, 5) is 21.7. The molecule has 10 heteroatoms. The van der Waals surface area contributed by atoms with Crippen molar-refractivity contribution in [1.29, 1.82) is 0 Å². The zero-order valence-electron chi connectivity index (χ0n) is 16.7. The molecule has 1 aliphatic rings. The van der Waals surface area contributed by atoms with Gasteiger partial charge in [0.2, 0.25) is 15.9 Å². The van der Waals surface area contributed by atoms with Gasteiger partial charge in [-0.3, -0.25) is 4.79 Å². The molecule has 0 aliphatic carbocycles. The van der Waals surface area contributed by atoms with E-state index in [1.807, 2.05) is 25.1 Å². The molecule has 160 valence electrons. The predicted octanol–water partition coefficient (Wildman–Crippen LogP) is 4.19. The number of benzene rings is 2. The van der Waals surface area contributed by atoms with Gasteiger partial charge in [0.25, 0.3) is 0 Å². The van der Waals surface area contributed by atoms with Gasteiger partial charge in [0.05, 0.1) is 36.3 Å². The molecule has 1 fully saturated rings. The zero-order chi connectivity index (χ0) is 21.6. The Morgan fingerprint density at radius 2 is 1.84 bits per heavy atom. The summed E-state index contributed by atoms with van der Waals surface area (Å²) in [5, 5.41) is 2.98. The second-order valence-corrected chi connectivity index (χ2v) is 11.5. The first-order valence-electron chi connectivity index (χ1n) is 9.89. The van der Waals surface area contributed by atoms with E-state index in [0.717, 1.165) is 20.4 Å². The fraction of sp³-hybridized carbons (Fsp3) is 0.286. The third-order valence-electron chi connectivity index (χ3n) is 5.74. The van der Waals surface area contributed by atoms with Crippen molar-refractivity contribution in [2.24, 2.45) is 11.8 Å². The van der Waals surface area contributed by atoms with Crippen LogP contribution < -0.4 is 5.32 Å². The van der Waals surface area contributed by atoms with Crippen LogP contribution in [0.4, 0.5) is 5.69 Å². The first kappa shape index (κ1) is 20.5. The number of fused-ring (bicyclic) bond motifs is 2. The monoisotopic (exact) mass is 472 g/mol. The van der Waals surface area contributed by atoms with E-state index in [0.29, 0.717) is 25.2 Å². The van der Waals surface area contributed by atoms with Gasteiger partial charge in [-0.2, -0.15) is 4.31 Å². The minimum atomic E-state index is -3.62. The van der Waals surface area contributed by atoms with Crippen LogP contribution >= 0.6 is 22.7 Å². The molecule has 2 aromatic carbocycles. The number of amides is 1. The fourth-order valence-corrected chi connectivity index (χ4v) is 7.06. The number of carbonyl (C=O) groups is 1. The molecule has 0 bridgehead atoms. The summed E-state index contributed by atoms with van der Waals surface area (Å²) in [7, 11) is -3.62. The van der Waals surface area contributed by atoms with Crippen molar-refractivity contribution in [3.8, 4) is 0 Å². The number of carbonyl (C=O) groups excluding carboxylic acids is 1. The lowest BCUT2D eigenvalue weighted by atomic mass is 9.87. The number of piperidine rings is 1. The van der Waals surface area contributed by atoms with E-state index in [1.54, 1.807) is 40.6 Å². The molecule has 2 unspecified atom stereocenters. The van der Waals surface area contributed by atoms with Crippen LogP contribution in [0.25, 0.3) is 20.4 Å². The molecule has 1 aliphatic heterocycles. The molecule has 2 atom stereocenters. The Morgan fingerprint density at radius 3 is 2.65 bits per heavy atom. The van der Waals surface area contributed by atoms with Crippen molar-refractivity contribution in [2.45, 2.75) is 18.2 Å². The number of thiazole rings is 2. The highest BCUT2D eigenvalue weighted by Gasteiger charge is 2.36. The van der Waals surface area contributed by atoms with Crippen LogP contribution in [0.1, 0.15) is 13.3 Å². The number of rotatable bonds is 4. The molecular formula is C21H20N4O3S3. The zero-order valence-corrected chi connectivity index (χ0v) is 19.1. The van der Waals surface area contributed by atoms with Gasteiger partial charge < -0.3 is 5.32 Å². The lowest BCUT2D eigenvalue weighted by molar-refractivity contribution is -0.122. The lowest BCUT2D eigenvalue weighted by Gasteiger charge is -2.35. The van der Waals surface area contributed by atoms with Crippen LogP contribution in [-0.2, 0) is 14.8 Å². The van der Waals surface area contributed by atoms with E-state index >= 15 is 0 Å². The Bertz CT molecular complexity index is 1380. The van der Waals surface area contributed by atoms with E-state index in [1.165, 1.54) is 15.6 Å². The molecule has 5 rings (SSSR count). The first-order chi connectivity index (χ1) is 14.9. The van der Waals surface area contributed by atoms with E-state index < -0.39 is 10.0 Å². The van der Waals surface area contributed by atoms with Crippen LogP contribution in [0.3, 0.4) is 0 Å². The molecule has 0 saturated carbocycles. The van der Waals surface area contributed by atoms with Crippen LogP contribution in [0.2, 0.25) is 0 Å². The first-order valence-corrected chi connectivity index (χ1v) is 13.1. The number of nitrogens with zero attached hydrogens (tertiary/aromatic N) is 3. The van der Waals surface area contributed by atoms with Gasteiger partial charge in [-0.05, 0) is 48.7 Å². The highest BCUT2D eigenvalue weighted by atomic mass is 32.2. The van der Waals surface area contributed by atoms with Crippen LogP contribution in [0.5, 0.6) is 0 Å². The summed E-state index contributed by atoms with van der Waals surface area (Å²) in [5.41, 5.74) is 5.85. The molecule has 4 aromatic rings. The maximum Gasteiger partial charge on any atom is 0.243 e. The van der Waals surface area contributed by atoms with Crippen LogP contribution in [0.15, 0.2) is 52.3 Å². The Kier molecular flexibility index (Phi) is 5.25. The third-order valence-corrected chi connectivity index (χ3v) is 9.21. The Hall–Kier alpha value is -2.40. The second kappa shape index (κ2) is 7.94. The summed E-state index contributed by atoms with van der Waals surface area (Å²) in [5.74, 6) is -0.426. The average Bonchev–Trinajstić information content (AvgIpc) is 3.41. The molecule has 1 amide bonds. The highest BCUT2D eigenvalue weighted by Crippen LogP contribution is 2.31. The maximum absolute atomic E-state index is 13.2. The molecule has 0 radical (unpaired) electrons. The summed E-state index contributed by atoms with van der Waals surface area (Å²) in [6.07, 6.45) is 0.480. The molecular weight excluding hydrogens is 452 g/mol. The standard InChI is InChI=1S/C21H20N4O3S3/c1-13-10-25(31(27,28)15-3-4-17-20(9-15)30-11-22-17)7-6-16(13)21(26)24-14-2-5-19-18(8-14)23-12-29-19/h2-5,8-9,11-13,16H,6-7,10H2,1H3,(H,24,26). The van der Waals surface area contributed by atoms with Crippen molar-refractivity contribution >= 4 is 64.7 Å². The molecule has 7 nitrogen and oxygen atoms in total. The van der Waals surface area contributed by atoms with E-state index in [4.69, 9.17) is 0 Å². The quantitative estimate of drug-likeness (QED) is 0.481. The van der Waals surface area contributed by atoms with Gasteiger partial charge in [0.15, 0.2) is 0 Å². The Morgan fingerprint density at radius 1 is 1.06 bits per heavy atom. The fourth-order valence-electron chi connectivity index (χ4n) is 4.03. The van der Waals surface area contributed by atoms with Crippen LogP contribution in [-0.4, -0.2) is 41.7 Å². The molecule has 1 saturated heterocycles. The SMILES string of the molecule is CC1CN(S(=O)(=O)c2ccc3ncsc3c2)CCC1C(=O)Nc1ccc2scnc2c1. The van der Waals surface area contributed by atoms with Crippen molar-refractivity contribution in [3.05, 3.63) is 47.4 Å². The number of nitrogens with one attached hydrogen (secondary N) is 1. The summed E-state index contributed by atoms with van der Waals surface area (Å²) in [6, 6.07) is 10.7. The summed E-state index contributed by atoms with van der Waals surface area (Å²) < 4.78 is 29.7. The number of aromatic nitrogens is 2. The normalized spacial score (nSPS) is 20.3. The van der Waals surface area contributed by atoms with E-state index in [-0.39, 0.29) is 22.6 Å². The molecule has 0 spiro atoms. The van der Waals surface area contributed by atoms with Gasteiger partial charge in [0.1, 0.15) is 0 Å². The average molecular weight is 473 g/mol. The molecule has 2 aromatic heterocycles. The van der Waals surface area contributed by atoms with Gasteiger partial charge >= 0.3 is 0 Å². The minimum absolute atomic E-state index is 0.0785. The largest absolute Gasteiger partial charge is 0.326 e. The molecule has 3 heterocycles. The summed E-state index contributed by atoms with van der Waals surface area (Å²) in [6.45, 7) is 2.56. The minimum Gasteiger partial charge on any atom is -0.326 e. The molecule has 31 heavy (non-hydrogen) atoms. The Balaban J connectivity index is 1.29. The lowest BCUT2D eigenvalue weighted by Crippen LogP contribution is -2.46. The van der Waals surface area contributed by atoms with Gasteiger partial charge in [-0.25, -0.2) is 18.4 Å². The molecule has 1 N–H and O–H groups in total. The van der Waals surface area contributed by atoms with E-state index in [2.05, 4.69) is 15.3 Å². The number of anilines is 1. The summed E-state index contributed by atoms with van der Waals surface area (Å²) >= 11 is 2.98. The number of hydrogen-bond acceptors (Lipinski definition) is 7. The van der Waals surface area contributed by atoms with Gasteiger partial charge in [-0.1, -0.05) is 6.92 Å². The topological polar surface area (TPSA) is 92.3 Å². The number of hydrogen-bond donors (Lipinski definition) is 1. The predicted molar refractivity (Wildman–Crippen MR) is 124 cm³/mol. The van der Waals surface area contributed by atoms with Crippen molar-refractivity contribution in [2.75, 3.05) is 18.4 Å². The second-order valence-electron chi connectivity index (χ2n) is 7.74. The number of sulfonamides is 1. The van der Waals surface area contributed by atoms with Gasteiger partial charge in [0, 0.05) is 24.7 Å². The van der Waals surface area contributed by atoms with E-state index in [9.17, 15) is 13.2 Å². The van der Waals surface area contributed by atoms with Crippen LogP contribution in [0, 0.1) is 11.8 Å². The Labute approximate surface area is 187 Å². The smallest absolute Gasteiger partial charge is 0.243 e. The van der Waals surface area contributed by atoms with Crippen molar-refractivity contribution < 1.29 is 13.2 Å². The van der Waals surface area contributed by atoms with Crippen molar-refractivity contribution in [3.63, 3.8) is 0 Å².